The summed E-state index contributed by atoms with van der Waals surface area (Å²) in [6, 6.07) is 1.59. The van der Waals surface area contributed by atoms with Crippen LogP contribution in [0.3, 0.4) is 0 Å². The molecule has 17 heavy (non-hydrogen) atoms. The van der Waals surface area contributed by atoms with Crippen molar-refractivity contribution in [2.24, 2.45) is 5.41 Å². The van der Waals surface area contributed by atoms with E-state index in [2.05, 4.69) is 4.72 Å². The minimum Gasteiger partial charge on any atom is -0.210 e. The molecule has 0 atom stereocenters. The highest BCUT2D eigenvalue weighted by atomic mass is 35.5. The Balaban J connectivity index is 2.09. The highest BCUT2D eigenvalue weighted by Crippen LogP contribution is 2.46. The maximum atomic E-state index is 12.0. The number of nitrogens with one attached hydrogen (secondary N) is 1. The number of hydrogen-bond donors (Lipinski definition) is 1. The van der Waals surface area contributed by atoms with Gasteiger partial charge < -0.3 is 0 Å². The van der Waals surface area contributed by atoms with Crippen molar-refractivity contribution in [1.29, 1.82) is 0 Å². The van der Waals surface area contributed by atoms with Gasteiger partial charge in [0.2, 0.25) is 10.0 Å². The molecule has 3 nitrogen and oxygen atoms in total. The molecule has 0 saturated heterocycles. The predicted octanol–water partition coefficient (Wildman–Crippen LogP) is 3.01. The van der Waals surface area contributed by atoms with Gasteiger partial charge in [-0.3, -0.25) is 0 Å². The van der Waals surface area contributed by atoms with E-state index in [1.165, 1.54) is 0 Å². The molecule has 1 N–H and O–H groups in total. The van der Waals surface area contributed by atoms with Gasteiger partial charge in [0.25, 0.3) is 0 Å². The van der Waals surface area contributed by atoms with E-state index in [9.17, 15) is 8.42 Å². The first-order valence-corrected chi connectivity index (χ1v) is 8.41. The molecule has 0 bridgehead atoms. The standard InChI is InChI=1S/C10H13Cl2NO2S2/c1-7-4-8(16-9(7)12)17(14,15)13-6-10(5-11)2-3-10/h4,13H,2-3,5-6H2,1H3. The van der Waals surface area contributed by atoms with Gasteiger partial charge in [-0.1, -0.05) is 11.6 Å². The molecule has 1 heterocycles. The summed E-state index contributed by atoms with van der Waals surface area (Å²) in [6.07, 6.45) is 1.98. The molecule has 7 heteroatoms. The summed E-state index contributed by atoms with van der Waals surface area (Å²) in [7, 11) is -3.44. The zero-order valence-corrected chi connectivity index (χ0v) is 12.4. The minimum atomic E-state index is -3.44. The van der Waals surface area contributed by atoms with E-state index < -0.39 is 10.0 Å². The van der Waals surface area contributed by atoms with Gasteiger partial charge in [-0.2, -0.15) is 0 Å². The molecular weight excluding hydrogens is 301 g/mol. The topological polar surface area (TPSA) is 46.2 Å². The van der Waals surface area contributed by atoms with Crippen LogP contribution in [0.4, 0.5) is 0 Å². The zero-order valence-electron chi connectivity index (χ0n) is 9.29. The second kappa shape index (κ2) is 4.70. The van der Waals surface area contributed by atoms with Gasteiger partial charge in [-0.15, -0.1) is 22.9 Å². The highest BCUT2D eigenvalue weighted by molar-refractivity contribution is 7.91. The zero-order chi connectivity index (χ0) is 12.7. The van der Waals surface area contributed by atoms with E-state index in [1.807, 2.05) is 0 Å². The summed E-state index contributed by atoms with van der Waals surface area (Å²) in [5.41, 5.74) is 0.764. The molecule has 0 aromatic carbocycles. The van der Waals surface area contributed by atoms with Crippen LogP contribution in [-0.4, -0.2) is 20.8 Å². The van der Waals surface area contributed by atoms with Crippen LogP contribution in [0.15, 0.2) is 10.3 Å². The molecule has 1 aromatic rings. The van der Waals surface area contributed by atoms with Gasteiger partial charge >= 0.3 is 0 Å². The first-order chi connectivity index (χ1) is 7.88. The average Bonchev–Trinajstić information content (AvgIpc) is 2.99. The Morgan fingerprint density at radius 1 is 1.53 bits per heavy atom. The largest absolute Gasteiger partial charge is 0.250 e. The van der Waals surface area contributed by atoms with E-state index >= 15 is 0 Å². The Kier molecular flexibility index (Phi) is 3.77. The number of sulfonamides is 1. The summed E-state index contributed by atoms with van der Waals surface area (Å²) in [6.45, 7) is 2.20. The average molecular weight is 314 g/mol. The summed E-state index contributed by atoms with van der Waals surface area (Å²) < 4.78 is 27.4. The SMILES string of the molecule is Cc1cc(S(=O)(=O)NCC2(CCl)CC2)sc1Cl. The number of alkyl halides is 1. The Morgan fingerprint density at radius 2 is 2.18 bits per heavy atom. The second-order valence-corrected chi connectivity index (χ2v) is 8.40. The van der Waals surface area contributed by atoms with Gasteiger partial charge in [0, 0.05) is 12.4 Å². The van der Waals surface area contributed by atoms with Gasteiger partial charge in [-0.25, -0.2) is 13.1 Å². The van der Waals surface area contributed by atoms with Crippen molar-refractivity contribution in [3.63, 3.8) is 0 Å². The molecule has 1 aliphatic rings. The lowest BCUT2D eigenvalue weighted by molar-refractivity contribution is 0.536. The van der Waals surface area contributed by atoms with E-state index in [4.69, 9.17) is 23.2 Å². The summed E-state index contributed by atoms with van der Waals surface area (Å²) in [4.78, 5) is 0. The van der Waals surface area contributed by atoms with Crippen molar-refractivity contribution in [1.82, 2.24) is 4.72 Å². The molecular formula is C10H13Cl2NO2S2. The molecule has 0 unspecified atom stereocenters. The van der Waals surface area contributed by atoms with Crippen LogP contribution in [0.2, 0.25) is 4.34 Å². The van der Waals surface area contributed by atoms with Crippen LogP contribution in [-0.2, 0) is 10.0 Å². The van der Waals surface area contributed by atoms with Gasteiger partial charge in [0.05, 0.1) is 4.34 Å². The number of hydrogen-bond acceptors (Lipinski definition) is 3. The molecule has 1 fully saturated rings. The van der Waals surface area contributed by atoms with E-state index in [0.717, 1.165) is 29.7 Å². The molecule has 0 amide bonds. The van der Waals surface area contributed by atoms with Crippen molar-refractivity contribution in [3.05, 3.63) is 16.0 Å². The molecule has 96 valence electrons. The third kappa shape index (κ3) is 2.96. The number of rotatable bonds is 5. The Morgan fingerprint density at radius 3 is 2.59 bits per heavy atom. The number of halogens is 2. The van der Waals surface area contributed by atoms with Crippen LogP contribution >= 0.6 is 34.5 Å². The summed E-state index contributed by atoms with van der Waals surface area (Å²) in [5, 5.41) is 0. The van der Waals surface area contributed by atoms with Crippen LogP contribution in [0.25, 0.3) is 0 Å². The molecule has 1 saturated carbocycles. The highest BCUT2D eigenvalue weighted by Gasteiger charge is 2.42. The summed E-state index contributed by atoms with van der Waals surface area (Å²) in [5.74, 6) is 0.500. The lowest BCUT2D eigenvalue weighted by atomic mass is 10.1. The number of thiophene rings is 1. The fourth-order valence-corrected chi connectivity index (χ4v) is 4.69. The Bertz CT molecular complexity index is 501. The third-order valence-corrected chi connectivity index (χ3v) is 6.97. The Labute approximate surface area is 115 Å². The van der Waals surface area contributed by atoms with E-state index in [1.54, 1.807) is 13.0 Å². The van der Waals surface area contributed by atoms with E-state index in [0.29, 0.717) is 16.8 Å². The molecule has 1 aromatic heterocycles. The minimum absolute atomic E-state index is 0.0231. The predicted molar refractivity (Wildman–Crippen MR) is 71.6 cm³/mol. The van der Waals surface area contributed by atoms with Crippen molar-refractivity contribution in [2.45, 2.75) is 24.0 Å². The fourth-order valence-electron chi connectivity index (χ4n) is 1.42. The maximum absolute atomic E-state index is 12.0. The van der Waals surface area contributed by atoms with Gasteiger partial charge in [0.15, 0.2) is 0 Å². The van der Waals surface area contributed by atoms with Crippen molar-refractivity contribution in [3.8, 4) is 0 Å². The van der Waals surface area contributed by atoms with Crippen LogP contribution < -0.4 is 4.72 Å². The van der Waals surface area contributed by atoms with Crippen molar-refractivity contribution < 1.29 is 8.42 Å². The molecule has 2 rings (SSSR count). The first-order valence-electron chi connectivity index (χ1n) is 5.20. The molecule has 0 aliphatic heterocycles. The quantitative estimate of drug-likeness (QED) is 0.849. The van der Waals surface area contributed by atoms with Crippen LogP contribution in [0.1, 0.15) is 18.4 Å². The van der Waals surface area contributed by atoms with Gasteiger partial charge in [0.1, 0.15) is 4.21 Å². The monoisotopic (exact) mass is 313 g/mol. The molecule has 0 spiro atoms. The lowest BCUT2D eigenvalue weighted by Gasteiger charge is -2.11. The van der Waals surface area contributed by atoms with Crippen LogP contribution in [0, 0.1) is 12.3 Å². The van der Waals surface area contributed by atoms with E-state index in [-0.39, 0.29) is 9.62 Å². The normalized spacial score (nSPS) is 18.3. The lowest BCUT2D eigenvalue weighted by Crippen LogP contribution is -2.30. The van der Waals surface area contributed by atoms with Crippen molar-refractivity contribution in [2.75, 3.05) is 12.4 Å². The first kappa shape index (κ1) is 13.6. The smallest absolute Gasteiger partial charge is 0.210 e. The Hall–Kier alpha value is 0.190. The number of aryl methyl sites for hydroxylation is 1. The van der Waals surface area contributed by atoms with Gasteiger partial charge in [-0.05, 0) is 36.8 Å². The fraction of sp³-hybridized carbons (Fsp3) is 0.600. The summed E-state index contributed by atoms with van der Waals surface area (Å²) >= 11 is 12.8. The van der Waals surface area contributed by atoms with Crippen molar-refractivity contribution >= 4 is 44.6 Å². The maximum Gasteiger partial charge on any atom is 0.250 e. The third-order valence-electron chi connectivity index (χ3n) is 2.98. The van der Waals surface area contributed by atoms with Crippen LogP contribution in [0.5, 0.6) is 0 Å². The second-order valence-electron chi connectivity index (χ2n) is 4.48. The molecule has 0 radical (unpaired) electrons. The molecule has 1 aliphatic carbocycles.